The molecular weight excluding hydrogens is 475 g/mol. The number of nitrogens with one attached hydrogen (secondary N) is 2. The van der Waals surface area contributed by atoms with Crippen LogP contribution in [-0.2, 0) is 12.4 Å². The van der Waals surface area contributed by atoms with E-state index in [1.54, 1.807) is 0 Å². The van der Waals surface area contributed by atoms with Crippen molar-refractivity contribution in [2.75, 3.05) is 17.2 Å². The first kappa shape index (κ1) is 25.0. The van der Waals surface area contributed by atoms with Crippen LogP contribution in [0.2, 0.25) is 0 Å². The molecule has 0 radical (unpaired) electrons. The number of halogens is 7. The molecule has 3 aromatic heterocycles. The Morgan fingerprint density at radius 1 is 0.882 bits per heavy atom. The van der Waals surface area contributed by atoms with Gasteiger partial charge in [-0.05, 0) is 32.0 Å². The maximum atomic E-state index is 14.4. The summed E-state index contributed by atoms with van der Waals surface area (Å²) in [5.74, 6) is -2.90. The zero-order valence-corrected chi connectivity index (χ0v) is 17.4. The fourth-order valence-electron chi connectivity index (χ4n) is 2.50. The largest absolute Gasteiger partial charge is 0.436 e. The van der Waals surface area contributed by atoms with Crippen molar-refractivity contribution in [2.24, 2.45) is 0 Å². The average molecular weight is 491 g/mol. The smallest absolute Gasteiger partial charge is 0.389 e. The van der Waals surface area contributed by atoms with E-state index in [0.717, 1.165) is 18.2 Å². The number of aromatic nitrogens is 5. The van der Waals surface area contributed by atoms with Gasteiger partial charge in [-0.2, -0.15) is 41.3 Å². The van der Waals surface area contributed by atoms with Gasteiger partial charge in [0, 0.05) is 12.7 Å². The molecule has 0 bridgehead atoms. The van der Waals surface area contributed by atoms with Crippen molar-refractivity contribution in [3.63, 3.8) is 0 Å². The van der Waals surface area contributed by atoms with Crippen LogP contribution in [0.1, 0.15) is 25.2 Å². The van der Waals surface area contributed by atoms with Crippen molar-refractivity contribution in [3.8, 4) is 11.5 Å². The quantitative estimate of drug-likeness (QED) is 0.435. The Morgan fingerprint density at radius 2 is 1.56 bits per heavy atom. The Morgan fingerprint density at radius 3 is 2.18 bits per heavy atom. The Hall–Kier alpha value is -3.62. The molecule has 0 atom stereocenters. The summed E-state index contributed by atoms with van der Waals surface area (Å²) in [4.78, 5) is 18.1. The summed E-state index contributed by atoms with van der Waals surface area (Å²) in [6, 6.07) is 3.84. The van der Waals surface area contributed by atoms with Crippen molar-refractivity contribution in [2.45, 2.75) is 31.8 Å². The van der Waals surface area contributed by atoms with E-state index in [0.29, 0.717) is 6.20 Å². The van der Waals surface area contributed by atoms with Gasteiger partial charge >= 0.3 is 12.4 Å². The van der Waals surface area contributed by atoms with E-state index >= 15 is 0 Å². The Labute approximate surface area is 187 Å². The lowest BCUT2D eigenvalue weighted by atomic mass is 10.1. The molecule has 0 aliphatic carbocycles. The molecule has 0 unspecified atom stereocenters. The molecule has 3 aromatic rings. The third-order valence-electron chi connectivity index (χ3n) is 3.99. The van der Waals surface area contributed by atoms with Crippen LogP contribution < -0.4 is 10.6 Å². The second-order valence-corrected chi connectivity index (χ2v) is 7.52. The molecule has 182 valence electrons. The second-order valence-electron chi connectivity index (χ2n) is 7.52. The van der Waals surface area contributed by atoms with E-state index in [1.807, 2.05) is 0 Å². The van der Waals surface area contributed by atoms with Gasteiger partial charge in [-0.3, -0.25) is 0 Å². The van der Waals surface area contributed by atoms with Gasteiger partial charge in [-0.1, -0.05) is 6.07 Å². The first-order chi connectivity index (χ1) is 15.6. The van der Waals surface area contributed by atoms with Crippen molar-refractivity contribution < 1.29 is 35.8 Å². The van der Waals surface area contributed by atoms with E-state index < -0.39 is 52.6 Å². The predicted octanol–water partition coefficient (Wildman–Crippen LogP) is 4.43. The molecule has 3 rings (SSSR count). The fraction of sp³-hybridized carbons (Fsp3) is 0.316. The maximum absolute atomic E-state index is 14.4. The molecular formula is C19H16F7N7O. The number of alkyl halides is 6. The van der Waals surface area contributed by atoms with Gasteiger partial charge in [0.15, 0.2) is 17.3 Å². The molecule has 8 nitrogen and oxygen atoms in total. The molecule has 0 spiro atoms. The number of aliphatic hydroxyl groups is 1. The van der Waals surface area contributed by atoms with Crippen LogP contribution in [0.25, 0.3) is 11.5 Å². The van der Waals surface area contributed by atoms with E-state index in [4.69, 9.17) is 0 Å². The van der Waals surface area contributed by atoms with Crippen LogP contribution in [-0.4, -0.2) is 42.2 Å². The molecule has 0 aliphatic rings. The van der Waals surface area contributed by atoms with Crippen molar-refractivity contribution in [1.29, 1.82) is 0 Å². The molecule has 0 aliphatic heterocycles. The molecule has 0 amide bonds. The number of hydrogen-bond donors (Lipinski definition) is 3. The third kappa shape index (κ3) is 6.24. The zero-order valence-electron chi connectivity index (χ0n) is 17.4. The number of hydrogen-bond acceptors (Lipinski definition) is 8. The Kier molecular flexibility index (Phi) is 6.59. The minimum atomic E-state index is -5.08. The van der Waals surface area contributed by atoms with Crippen LogP contribution >= 0.6 is 0 Å². The fourth-order valence-corrected chi connectivity index (χ4v) is 2.50. The van der Waals surface area contributed by atoms with Crippen LogP contribution in [0, 0.1) is 5.82 Å². The molecule has 0 fully saturated rings. The highest BCUT2D eigenvalue weighted by Crippen LogP contribution is 2.33. The summed E-state index contributed by atoms with van der Waals surface area (Å²) in [6.07, 6.45) is -9.13. The lowest BCUT2D eigenvalue weighted by Gasteiger charge is -2.18. The predicted molar refractivity (Wildman–Crippen MR) is 105 cm³/mol. The summed E-state index contributed by atoms with van der Waals surface area (Å²) in [7, 11) is 0. The molecule has 34 heavy (non-hydrogen) atoms. The maximum Gasteiger partial charge on any atom is 0.436 e. The van der Waals surface area contributed by atoms with E-state index in [-0.39, 0.29) is 18.2 Å². The minimum Gasteiger partial charge on any atom is -0.389 e. The van der Waals surface area contributed by atoms with Crippen LogP contribution in [0.4, 0.5) is 48.3 Å². The first-order valence-electron chi connectivity index (χ1n) is 9.39. The average Bonchev–Trinajstić information content (AvgIpc) is 2.72. The van der Waals surface area contributed by atoms with E-state index in [1.165, 1.54) is 19.9 Å². The highest BCUT2D eigenvalue weighted by molar-refractivity contribution is 5.59. The van der Waals surface area contributed by atoms with Gasteiger partial charge in [-0.15, -0.1) is 0 Å². The van der Waals surface area contributed by atoms with Gasteiger partial charge in [0.2, 0.25) is 11.9 Å². The second kappa shape index (κ2) is 8.96. The lowest BCUT2D eigenvalue weighted by Crippen LogP contribution is -2.30. The first-order valence-corrected chi connectivity index (χ1v) is 9.39. The van der Waals surface area contributed by atoms with Gasteiger partial charge in [0.1, 0.15) is 11.4 Å². The summed E-state index contributed by atoms with van der Waals surface area (Å²) >= 11 is 0. The Bertz CT molecular complexity index is 1180. The summed E-state index contributed by atoms with van der Waals surface area (Å²) in [5, 5.41) is 14.8. The topological polar surface area (TPSA) is 109 Å². The monoisotopic (exact) mass is 491 g/mol. The number of nitrogens with zero attached hydrogens (tertiary/aromatic N) is 5. The molecule has 3 N–H and O–H groups in total. The summed E-state index contributed by atoms with van der Waals surface area (Å²) in [6.45, 7) is 2.77. The third-order valence-corrected chi connectivity index (χ3v) is 3.99. The zero-order chi connectivity index (χ0) is 25.3. The lowest BCUT2D eigenvalue weighted by molar-refractivity contribution is -0.143. The molecule has 3 heterocycles. The van der Waals surface area contributed by atoms with Crippen LogP contribution in [0.5, 0.6) is 0 Å². The summed E-state index contributed by atoms with van der Waals surface area (Å²) in [5.41, 5.74) is -5.30. The minimum absolute atomic E-state index is 0.117. The van der Waals surface area contributed by atoms with Gasteiger partial charge in [-0.25, -0.2) is 14.4 Å². The SMILES string of the molecule is CC(C)(O)CNc1nc(Nc2ccnc(C(F)(F)F)c2F)nc(-c2cccc(C(F)(F)F)n2)n1. The molecule has 0 aromatic carbocycles. The van der Waals surface area contributed by atoms with Gasteiger partial charge in [0.05, 0.1) is 11.3 Å². The highest BCUT2D eigenvalue weighted by Gasteiger charge is 2.37. The van der Waals surface area contributed by atoms with Gasteiger partial charge < -0.3 is 15.7 Å². The Balaban J connectivity index is 2.06. The number of rotatable bonds is 6. The van der Waals surface area contributed by atoms with Crippen molar-refractivity contribution in [1.82, 2.24) is 24.9 Å². The van der Waals surface area contributed by atoms with Crippen LogP contribution in [0.3, 0.4) is 0 Å². The van der Waals surface area contributed by atoms with Crippen molar-refractivity contribution >= 4 is 17.6 Å². The number of anilines is 3. The number of pyridine rings is 2. The van der Waals surface area contributed by atoms with E-state index in [2.05, 4.69) is 35.6 Å². The van der Waals surface area contributed by atoms with Crippen LogP contribution in [0.15, 0.2) is 30.5 Å². The summed E-state index contributed by atoms with van der Waals surface area (Å²) < 4.78 is 92.4. The van der Waals surface area contributed by atoms with E-state index in [9.17, 15) is 35.8 Å². The highest BCUT2D eigenvalue weighted by atomic mass is 19.4. The normalized spacial score (nSPS) is 12.5. The molecule has 0 saturated carbocycles. The van der Waals surface area contributed by atoms with Crippen molar-refractivity contribution in [3.05, 3.63) is 47.7 Å². The molecule has 15 heteroatoms. The molecule has 0 saturated heterocycles. The van der Waals surface area contributed by atoms with Gasteiger partial charge in [0.25, 0.3) is 0 Å². The standard InChI is InChI=1S/C19H16F7N7O/c1-17(2,34)8-28-15-31-14(10-4-3-5-11(29-10)18(21,22)23)32-16(33-15)30-9-6-7-27-13(12(9)20)19(24,25)26/h3-7,34H,8H2,1-2H3,(H2,27,28,30,31,32,33).